The molecule has 6 nitrogen and oxygen atoms in total. The summed E-state index contributed by atoms with van der Waals surface area (Å²) < 4.78 is 10.7. The highest BCUT2D eigenvalue weighted by molar-refractivity contribution is 5.95. The van der Waals surface area contributed by atoms with Crippen molar-refractivity contribution in [3.63, 3.8) is 0 Å². The third-order valence-electron chi connectivity index (χ3n) is 3.93. The molecule has 1 aliphatic heterocycles. The molecule has 1 aromatic carbocycles. The number of aryl methyl sites for hydroxylation is 1. The van der Waals surface area contributed by atoms with Crippen LogP contribution in [0.1, 0.15) is 27.4 Å². The molecule has 3 aromatic rings. The summed E-state index contributed by atoms with van der Waals surface area (Å²) in [6, 6.07) is 9.22. The fourth-order valence-electron chi connectivity index (χ4n) is 2.74. The molecule has 2 aromatic heterocycles. The first kappa shape index (κ1) is 14.4. The maximum absolute atomic E-state index is 12.3. The van der Waals surface area contributed by atoms with Crippen LogP contribution in [0.15, 0.2) is 47.2 Å². The van der Waals surface area contributed by atoms with Gasteiger partial charge in [0.2, 0.25) is 0 Å². The standard InChI is InChI=1S/C18H15N3O3/c1-11-6-14(21-24-11)9-20-18(22)12-2-3-16-15-4-5-19-8-13(15)10-23-17(16)7-12/h2-8H,9-10H2,1H3,(H,20,22). The lowest BCUT2D eigenvalue weighted by atomic mass is 9.97. The van der Waals surface area contributed by atoms with E-state index in [1.807, 2.05) is 19.1 Å². The molecule has 0 radical (unpaired) electrons. The average molecular weight is 321 g/mol. The van der Waals surface area contributed by atoms with E-state index in [2.05, 4.69) is 15.5 Å². The van der Waals surface area contributed by atoms with Gasteiger partial charge in [0.05, 0.1) is 6.54 Å². The Kier molecular flexibility index (Phi) is 3.49. The largest absolute Gasteiger partial charge is 0.488 e. The summed E-state index contributed by atoms with van der Waals surface area (Å²) in [4.78, 5) is 16.4. The van der Waals surface area contributed by atoms with E-state index in [9.17, 15) is 4.79 Å². The molecule has 0 bridgehead atoms. The zero-order valence-corrected chi connectivity index (χ0v) is 13.1. The molecule has 4 rings (SSSR count). The lowest BCUT2D eigenvalue weighted by Crippen LogP contribution is -2.23. The maximum Gasteiger partial charge on any atom is 0.251 e. The second-order valence-electron chi connectivity index (χ2n) is 5.64. The van der Waals surface area contributed by atoms with E-state index < -0.39 is 0 Å². The molecule has 120 valence electrons. The van der Waals surface area contributed by atoms with Crippen molar-refractivity contribution in [3.8, 4) is 16.9 Å². The predicted molar refractivity (Wildman–Crippen MR) is 86.4 cm³/mol. The van der Waals surface area contributed by atoms with Gasteiger partial charge in [-0.1, -0.05) is 5.16 Å². The minimum absolute atomic E-state index is 0.178. The normalized spacial score (nSPS) is 12.0. The van der Waals surface area contributed by atoms with E-state index in [1.54, 1.807) is 30.6 Å². The summed E-state index contributed by atoms with van der Waals surface area (Å²) in [5.74, 6) is 1.25. The molecule has 0 unspecified atom stereocenters. The number of hydrogen-bond acceptors (Lipinski definition) is 5. The minimum Gasteiger partial charge on any atom is -0.488 e. The van der Waals surface area contributed by atoms with E-state index in [0.717, 1.165) is 22.5 Å². The third kappa shape index (κ3) is 2.62. The van der Waals surface area contributed by atoms with Crippen LogP contribution in [-0.4, -0.2) is 16.0 Å². The van der Waals surface area contributed by atoms with Gasteiger partial charge in [0.1, 0.15) is 23.8 Å². The Bertz CT molecular complexity index is 917. The van der Waals surface area contributed by atoms with E-state index in [1.165, 1.54) is 0 Å². The van der Waals surface area contributed by atoms with E-state index in [0.29, 0.717) is 30.2 Å². The Labute approximate surface area is 138 Å². The molecule has 0 spiro atoms. The summed E-state index contributed by atoms with van der Waals surface area (Å²) in [7, 11) is 0. The summed E-state index contributed by atoms with van der Waals surface area (Å²) in [6.45, 7) is 2.59. The molecule has 1 N–H and O–H groups in total. The van der Waals surface area contributed by atoms with Crippen LogP contribution in [0.25, 0.3) is 11.1 Å². The number of carbonyl (C=O) groups excluding carboxylic acids is 1. The molecule has 24 heavy (non-hydrogen) atoms. The Balaban J connectivity index is 1.54. The number of pyridine rings is 1. The fraction of sp³-hybridized carbons (Fsp3) is 0.167. The molecule has 0 aliphatic carbocycles. The van der Waals surface area contributed by atoms with Crippen molar-refractivity contribution in [1.82, 2.24) is 15.5 Å². The van der Waals surface area contributed by atoms with E-state index in [4.69, 9.17) is 9.26 Å². The van der Waals surface area contributed by atoms with Gasteiger partial charge < -0.3 is 14.6 Å². The van der Waals surface area contributed by atoms with Gasteiger partial charge in [-0.3, -0.25) is 9.78 Å². The number of carbonyl (C=O) groups is 1. The van der Waals surface area contributed by atoms with Gasteiger partial charge in [0, 0.05) is 35.2 Å². The van der Waals surface area contributed by atoms with Gasteiger partial charge in [0.25, 0.3) is 5.91 Å². The van der Waals surface area contributed by atoms with E-state index >= 15 is 0 Å². The van der Waals surface area contributed by atoms with Crippen molar-refractivity contribution in [2.75, 3.05) is 0 Å². The molecule has 1 aliphatic rings. The number of rotatable bonds is 3. The molecule has 3 heterocycles. The third-order valence-corrected chi connectivity index (χ3v) is 3.93. The van der Waals surface area contributed by atoms with Gasteiger partial charge in [-0.15, -0.1) is 0 Å². The Morgan fingerprint density at radius 2 is 2.17 bits per heavy atom. The number of benzene rings is 1. The number of hydrogen-bond donors (Lipinski definition) is 1. The van der Waals surface area contributed by atoms with Crippen molar-refractivity contribution in [1.29, 1.82) is 0 Å². The molecule has 0 atom stereocenters. The summed E-state index contributed by atoms with van der Waals surface area (Å²) in [5.41, 5.74) is 4.35. The molecule has 0 fully saturated rings. The summed E-state index contributed by atoms with van der Waals surface area (Å²) in [5, 5.41) is 6.68. The van der Waals surface area contributed by atoms with Gasteiger partial charge in [0.15, 0.2) is 0 Å². The van der Waals surface area contributed by atoms with Crippen LogP contribution in [0.4, 0.5) is 0 Å². The average Bonchev–Trinajstić information content (AvgIpc) is 3.04. The zero-order chi connectivity index (χ0) is 16.5. The number of aromatic nitrogens is 2. The van der Waals surface area contributed by atoms with Crippen LogP contribution in [0.2, 0.25) is 0 Å². The maximum atomic E-state index is 12.3. The molecular weight excluding hydrogens is 306 g/mol. The quantitative estimate of drug-likeness (QED) is 0.802. The zero-order valence-electron chi connectivity index (χ0n) is 13.1. The first-order chi connectivity index (χ1) is 11.7. The van der Waals surface area contributed by atoms with Gasteiger partial charge in [-0.05, 0) is 36.8 Å². The highest BCUT2D eigenvalue weighted by Gasteiger charge is 2.19. The lowest BCUT2D eigenvalue weighted by molar-refractivity contribution is 0.0949. The Morgan fingerprint density at radius 1 is 1.25 bits per heavy atom. The molecule has 0 saturated carbocycles. The lowest BCUT2D eigenvalue weighted by Gasteiger charge is -2.20. The summed E-state index contributed by atoms with van der Waals surface area (Å²) in [6.07, 6.45) is 3.56. The SMILES string of the molecule is Cc1cc(CNC(=O)c2ccc3c(c2)OCc2cnccc2-3)no1. The minimum atomic E-state index is -0.178. The Morgan fingerprint density at radius 3 is 3.00 bits per heavy atom. The number of nitrogens with zero attached hydrogens (tertiary/aromatic N) is 2. The summed E-state index contributed by atoms with van der Waals surface area (Å²) >= 11 is 0. The van der Waals surface area contributed by atoms with Crippen LogP contribution in [0.3, 0.4) is 0 Å². The molecule has 1 amide bonds. The van der Waals surface area contributed by atoms with Crippen molar-refractivity contribution >= 4 is 5.91 Å². The van der Waals surface area contributed by atoms with Crippen LogP contribution in [0, 0.1) is 6.92 Å². The van der Waals surface area contributed by atoms with Crippen LogP contribution < -0.4 is 10.1 Å². The Hall–Kier alpha value is -3.15. The smallest absolute Gasteiger partial charge is 0.251 e. The molecule has 6 heteroatoms. The monoisotopic (exact) mass is 321 g/mol. The van der Waals surface area contributed by atoms with Gasteiger partial charge in [-0.2, -0.15) is 0 Å². The second-order valence-corrected chi connectivity index (χ2v) is 5.64. The van der Waals surface area contributed by atoms with Gasteiger partial charge >= 0.3 is 0 Å². The first-order valence-electron chi connectivity index (χ1n) is 7.61. The number of fused-ring (bicyclic) bond motifs is 3. The van der Waals surface area contributed by atoms with Crippen molar-refractivity contribution < 1.29 is 14.1 Å². The van der Waals surface area contributed by atoms with Gasteiger partial charge in [-0.25, -0.2) is 0 Å². The van der Waals surface area contributed by atoms with E-state index in [-0.39, 0.29) is 5.91 Å². The highest BCUT2D eigenvalue weighted by Crippen LogP contribution is 2.37. The van der Waals surface area contributed by atoms with Crippen molar-refractivity contribution in [2.45, 2.75) is 20.1 Å². The molecule has 0 saturated heterocycles. The number of amides is 1. The number of nitrogens with one attached hydrogen (secondary N) is 1. The van der Waals surface area contributed by atoms with Crippen LogP contribution in [0.5, 0.6) is 5.75 Å². The fourth-order valence-corrected chi connectivity index (χ4v) is 2.74. The topological polar surface area (TPSA) is 77.2 Å². The van der Waals surface area contributed by atoms with Crippen molar-refractivity contribution in [2.24, 2.45) is 0 Å². The highest BCUT2D eigenvalue weighted by atomic mass is 16.5. The first-order valence-corrected chi connectivity index (χ1v) is 7.61. The molecular formula is C18H15N3O3. The van der Waals surface area contributed by atoms with Crippen LogP contribution >= 0.6 is 0 Å². The number of ether oxygens (including phenoxy) is 1. The second kappa shape index (κ2) is 5.81. The van der Waals surface area contributed by atoms with Crippen molar-refractivity contribution in [3.05, 3.63) is 65.3 Å². The predicted octanol–water partition coefficient (Wildman–Crippen LogP) is 2.87. The van der Waals surface area contributed by atoms with Crippen LogP contribution in [-0.2, 0) is 13.2 Å².